The highest BCUT2D eigenvalue weighted by molar-refractivity contribution is 5.50. The Labute approximate surface area is 211 Å². The lowest BCUT2D eigenvalue weighted by molar-refractivity contribution is -0.272. The van der Waals surface area contributed by atoms with Gasteiger partial charge in [-0.15, -0.1) is 0 Å². The monoisotopic (exact) mass is 496 g/mol. The number of alkyl halides is 3. The molecule has 0 amide bonds. The van der Waals surface area contributed by atoms with Gasteiger partial charge >= 0.3 is 0 Å². The average molecular weight is 497 g/mol. The van der Waals surface area contributed by atoms with Crippen molar-refractivity contribution in [3.05, 3.63) is 28.8 Å². The SMILES string of the molecule is CCCC(CC)c1cc(C2CCCCC2)cc(C2CCCCC2)c1OC(C)(F)C(C)(F)C(C)(O)F. The molecule has 2 aliphatic carbocycles. The molecule has 4 atom stereocenters. The van der Waals surface area contributed by atoms with E-state index in [9.17, 15) is 9.50 Å². The van der Waals surface area contributed by atoms with Gasteiger partial charge in [0.2, 0.25) is 11.5 Å². The minimum absolute atomic E-state index is 0.147. The van der Waals surface area contributed by atoms with Gasteiger partial charge in [-0.05, 0) is 86.8 Å². The van der Waals surface area contributed by atoms with Crippen LogP contribution in [-0.2, 0) is 0 Å². The second-order valence-corrected chi connectivity index (χ2v) is 11.6. The van der Waals surface area contributed by atoms with E-state index in [0.29, 0.717) is 18.6 Å². The fraction of sp³-hybridized carbons (Fsp3) is 0.800. The molecule has 4 unspecified atom stereocenters. The summed E-state index contributed by atoms with van der Waals surface area (Å²) in [6, 6.07) is 4.38. The highest BCUT2D eigenvalue weighted by atomic mass is 19.2. The molecular weight excluding hydrogens is 449 g/mol. The highest BCUT2D eigenvalue weighted by Gasteiger charge is 2.61. The van der Waals surface area contributed by atoms with Gasteiger partial charge in [0.05, 0.1) is 0 Å². The molecule has 0 spiro atoms. The van der Waals surface area contributed by atoms with Crippen LogP contribution in [0, 0.1) is 0 Å². The number of halogens is 3. The third-order valence-corrected chi connectivity index (χ3v) is 8.85. The van der Waals surface area contributed by atoms with Crippen molar-refractivity contribution < 1.29 is 23.0 Å². The maximum absolute atomic E-state index is 16.0. The van der Waals surface area contributed by atoms with Crippen molar-refractivity contribution in [3.8, 4) is 5.75 Å². The van der Waals surface area contributed by atoms with Crippen LogP contribution in [0.3, 0.4) is 0 Å². The standard InChI is InChI=1S/C30H47F3O2/c1-6-14-21(7-2)25-19-24(22-15-10-8-11-16-22)20-26(23-17-12-9-13-18-23)27(25)35-30(5,33)28(3,31)29(4,32)34/h19-23,34H,6-18H2,1-5H3. The molecule has 0 aromatic heterocycles. The summed E-state index contributed by atoms with van der Waals surface area (Å²) in [5.41, 5.74) is -0.0785. The van der Waals surface area contributed by atoms with Gasteiger partial charge in [0.25, 0.3) is 5.85 Å². The van der Waals surface area contributed by atoms with Gasteiger partial charge in [0.1, 0.15) is 5.75 Å². The summed E-state index contributed by atoms with van der Waals surface area (Å²) in [6.45, 7) is 6.56. The fourth-order valence-electron chi connectivity index (χ4n) is 6.13. The summed E-state index contributed by atoms with van der Waals surface area (Å²) >= 11 is 0. The van der Waals surface area contributed by atoms with Gasteiger partial charge in [-0.25, -0.2) is 8.78 Å². The zero-order valence-electron chi connectivity index (χ0n) is 22.6. The number of rotatable bonds is 10. The van der Waals surface area contributed by atoms with E-state index in [1.165, 1.54) is 31.2 Å². The van der Waals surface area contributed by atoms with E-state index in [2.05, 4.69) is 26.0 Å². The molecule has 0 heterocycles. The summed E-state index contributed by atoms with van der Waals surface area (Å²) in [5.74, 6) is -5.22. The zero-order valence-corrected chi connectivity index (χ0v) is 22.6. The second kappa shape index (κ2) is 11.4. The summed E-state index contributed by atoms with van der Waals surface area (Å²) in [7, 11) is 0. The smallest absolute Gasteiger partial charge is 0.284 e. The first-order valence-corrected chi connectivity index (χ1v) is 14.1. The molecule has 1 aromatic rings. The van der Waals surface area contributed by atoms with Crippen molar-refractivity contribution in [2.75, 3.05) is 0 Å². The van der Waals surface area contributed by atoms with E-state index < -0.39 is 17.4 Å². The van der Waals surface area contributed by atoms with Crippen molar-refractivity contribution in [1.29, 1.82) is 0 Å². The first-order valence-electron chi connectivity index (χ1n) is 14.1. The van der Waals surface area contributed by atoms with E-state index in [1.807, 2.05) is 0 Å². The maximum Gasteiger partial charge on any atom is 0.284 e. The van der Waals surface area contributed by atoms with Crippen LogP contribution < -0.4 is 4.74 Å². The minimum atomic E-state index is -3.39. The number of benzene rings is 1. The summed E-state index contributed by atoms with van der Waals surface area (Å²) < 4.78 is 51.8. The number of hydrogen-bond acceptors (Lipinski definition) is 2. The maximum atomic E-state index is 16.0. The van der Waals surface area contributed by atoms with Crippen LogP contribution >= 0.6 is 0 Å². The van der Waals surface area contributed by atoms with Gasteiger partial charge in [0, 0.05) is 6.92 Å². The Hall–Kier alpha value is -1.23. The number of ether oxygens (including phenoxy) is 1. The predicted molar refractivity (Wildman–Crippen MR) is 137 cm³/mol. The predicted octanol–water partition coefficient (Wildman–Crippen LogP) is 9.55. The lowest BCUT2D eigenvalue weighted by Gasteiger charge is -2.40. The molecule has 0 radical (unpaired) electrons. The van der Waals surface area contributed by atoms with Crippen LogP contribution in [0.25, 0.3) is 0 Å². The lowest BCUT2D eigenvalue weighted by atomic mass is 9.76. The normalized spacial score (nSPS) is 24.3. The quantitative estimate of drug-likeness (QED) is 0.349. The molecule has 2 aliphatic rings. The van der Waals surface area contributed by atoms with Gasteiger partial charge in [0.15, 0.2) is 0 Å². The topological polar surface area (TPSA) is 29.5 Å². The van der Waals surface area contributed by atoms with Gasteiger partial charge in [-0.1, -0.05) is 70.9 Å². The molecule has 3 rings (SSSR count). The van der Waals surface area contributed by atoms with Gasteiger partial charge in [-0.2, -0.15) is 4.39 Å². The molecule has 0 bridgehead atoms. The van der Waals surface area contributed by atoms with Crippen molar-refractivity contribution >= 4 is 0 Å². The first kappa shape index (κ1) is 28.3. The Morgan fingerprint density at radius 3 is 1.91 bits per heavy atom. The van der Waals surface area contributed by atoms with Crippen molar-refractivity contribution in [3.63, 3.8) is 0 Å². The molecule has 2 saturated carbocycles. The van der Waals surface area contributed by atoms with Crippen molar-refractivity contribution in [2.45, 2.75) is 153 Å². The van der Waals surface area contributed by atoms with E-state index in [0.717, 1.165) is 82.8 Å². The van der Waals surface area contributed by atoms with Crippen LogP contribution in [0.15, 0.2) is 12.1 Å². The number of aliphatic hydroxyl groups is 1. The zero-order chi connectivity index (χ0) is 25.9. The third kappa shape index (κ3) is 6.19. The van der Waals surface area contributed by atoms with Crippen LogP contribution in [0.5, 0.6) is 5.75 Å². The molecule has 2 fully saturated rings. The molecule has 35 heavy (non-hydrogen) atoms. The Morgan fingerprint density at radius 2 is 1.43 bits per heavy atom. The van der Waals surface area contributed by atoms with Crippen LogP contribution in [0.4, 0.5) is 13.2 Å². The van der Waals surface area contributed by atoms with E-state index in [-0.39, 0.29) is 11.8 Å². The summed E-state index contributed by atoms with van der Waals surface area (Å²) in [4.78, 5) is 0. The molecule has 1 N–H and O–H groups in total. The minimum Gasteiger partial charge on any atom is -0.454 e. The van der Waals surface area contributed by atoms with Crippen LogP contribution in [0.1, 0.15) is 153 Å². The van der Waals surface area contributed by atoms with E-state index >= 15 is 8.78 Å². The first-order chi connectivity index (χ1) is 16.4. The Bertz CT molecular complexity index is 790. The van der Waals surface area contributed by atoms with Crippen LogP contribution in [0.2, 0.25) is 0 Å². The molecular formula is C30H47F3O2. The molecule has 200 valence electrons. The Morgan fingerprint density at radius 1 is 0.886 bits per heavy atom. The van der Waals surface area contributed by atoms with Crippen molar-refractivity contribution in [2.24, 2.45) is 0 Å². The molecule has 5 heteroatoms. The van der Waals surface area contributed by atoms with Crippen molar-refractivity contribution in [1.82, 2.24) is 0 Å². The van der Waals surface area contributed by atoms with E-state index in [1.54, 1.807) is 0 Å². The highest BCUT2D eigenvalue weighted by Crippen LogP contribution is 2.49. The average Bonchev–Trinajstić information content (AvgIpc) is 2.83. The Kier molecular flexibility index (Phi) is 9.26. The lowest BCUT2D eigenvalue weighted by Crippen LogP contribution is -2.59. The second-order valence-electron chi connectivity index (χ2n) is 11.6. The molecule has 0 saturated heterocycles. The Balaban J connectivity index is 2.19. The molecule has 1 aromatic carbocycles. The summed E-state index contributed by atoms with van der Waals surface area (Å²) in [5, 5.41) is 9.84. The van der Waals surface area contributed by atoms with E-state index in [4.69, 9.17) is 4.74 Å². The summed E-state index contributed by atoms with van der Waals surface area (Å²) in [6.07, 6.45) is 14.1. The fourth-order valence-corrected chi connectivity index (χ4v) is 6.13. The van der Waals surface area contributed by atoms with Gasteiger partial charge in [-0.3, -0.25) is 0 Å². The third-order valence-electron chi connectivity index (χ3n) is 8.85. The molecule has 2 nitrogen and oxygen atoms in total. The number of hydrogen-bond donors (Lipinski definition) is 1. The largest absolute Gasteiger partial charge is 0.454 e. The molecule has 0 aliphatic heterocycles. The van der Waals surface area contributed by atoms with Gasteiger partial charge < -0.3 is 9.84 Å². The van der Waals surface area contributed by atoms with Crippen LogP contribution in [-0.4, -0.2) is 22.5 Å².